The Hall–Kier alpha value is -3.02. The quantitative estimate of drug-likeness (QED) is 0.558. The van der Waals surface area contributed by atoms with Gasteiger partial charge < -0.3 is 14.4 Å². The van der Waals surface area contributed by atoms with Crippen molar-refractivity contribution in [1.29, 1.82) is 0 Å². The summed E-state index contributed by atoms with van der Waals surface area (Å²) >= 11 is 1.31. The second-order valence-corrected chi connectivity index (χ2v) is 10.6. The summed E-state index contributed by atoms with van der Waals surface area (Å²) in [5.74, 6) is 0.838. The van der Waals surface area contributed by atoms with Gasteiger partial charge in [-0.05, 0) is 31.2 Å². The fourth-order valence-corrected chi connectivity index (χ4v) is 6.25. The highest BCUT2D eigenvalue weighted by Crippen LogP contribution is 2.33. The van der Waals surface area contributed by atoms with Gasteiger partial charge >= 0.3 is 0 Å². The zero-order chi connectivity index (χ0) is 23.0. The van der Waals surface area contributed by atoms with Crippen molar-refractivity contribution < 1.29 is 22.7 Å². The van der Waals surface area contributed by atoms with E-state index >= 15 is 0 Å². The Labute approximate surface area is 195 Å². The number of carbonyl (C=O) groups excluding carboxylic acids is 1. The van der Waals surface area contributed by atoms with Crippen LogP contribution in [0.15, 0.2) is 47.5 Å². The molecule has 0 atom stereocenters. The summed E-state index contributed by atoms with van der Waals surface area (Å²) in [7, 11) is -3.71. The fraction of sp³-hybridized carbons (Fsp3) is 0.318. The number of fused-ring (bicyclic) bond motifs is 1. The van der Waals surface area contributed by atoms with Gasteiger partial charge in [-0.15, -0.1) is 11.3 Å². The number of piperazine rings is 1. The highest BCUT2D eigenvalue weighted by Gasteiger charge is 2.32. The van der Waals surface area contributed by atoms with E-state index < -0.39 is 10.0 Å². The lowest BCUT2D eigenvalue weighted by molar-refractivity contribution is 0.0702. The number of benzene rings is 1. The molecular formula is C22H22N4O5S2. The summed E-state index contributed by atoms with van der Waals surface area (Å²) in [6.45, 7) is 3.67. The molecule has 11 heteroatoms. The van der Waals surface area contributed by atoms with E-state index in [0.717, 1.165) is 5.69 Å². The zero-order valence-corrected chi connectivity index (χ0v) is 19.6. The number of ether oxygens (including phenoxy) is 2. The molecule has 1 saturated heterocycles. The molecular weight excluding hydrogens is 464 g/mol. The van der Waals surface area contributed by atoms with E-state index in [2.05, 4.69) is 9.97 Å². The molecule has 3 aromatic rings. The van der Waals surface area contributed by atoms with E-state index in [1.807, 2.05) is 18.2 Å². The monoisotopic (exact) mass is 486 g/mol. The van der Waals surface area contributed by atoms with Gasteiger partial charge in [-0.2, -0.15) is 4.31 Å². The summed E-state index contributed by atoms with van der Waals surface area (Å²) in [5, 5.41) is 0.691. The molecule has 4 heterocycles. The van der Waals surface area contributed by atoms with Gasteiger partial charge in [-0.25, -0.2) is 13.4 Å². The zero-order valence-electron chi connectivity index (χ0n) is 17.9. The predicted octanol–water partition coefficient (Wildman–Crippen LogP) is 2.43. The van der Waals surface area contributed by atoms with Gasteiger partial charge in [-0.3, -0.25) is 9.78 Å². The molecule has 2 aliphatic heterocycles. The number of hydrogen-bond acceptors (Lipinski definition) is 8. The third-order valence-corrected chi connectivity index (χ3v) is 8.61. The molecule has 0 saturated carbocycles. The van der Waals surface area contributed by atoms with Crippen LogP contribution in [0.1, 0.15) is 15.4 Å². The van der Waals surface area contributed by atoms with E-state index in [4.69, 9.17) is 9.47 Å². The number of aryl methyl sites for hydroxylation is 1. The standard InChI is InChI=1S/C22H22N4O5S2/c1-15-20(32-21(24-15)17-4-2-3-7-23-17)22(27)25-8-10-26(11-9-25)33(28,29)16-5-6-18-19(14-16)31-13-12-30-18/h2-7,14H,8-13H2,1H3. The molecule has 2 aromatic heterocycles. The van der Waals surface area contributed by atoms with E-state index in [1.165, 1.54) is 27.8 Å². The normalized spacial score (nSPS) is 16.6. The summed E-state index contributed by atoms with van der Waals surface area (Å²) in [5.41, 5.74) is 1.37. The van der Waals surface area contributed by atoms with Crippen LogP contribution in [0.25, 0.3) is 10.7 Å². The van der Waals surface area contributed by atoms with Gasteiger partial charge in [0.25, 0.3) is 5.91 Å². The van der Waals surface area contributed by atoms with Crippen LogP contribution in [0, 0.1) is 6.92 Å². The van der Waals surface area contributed by atoms with Gasteiger partial charge in [0.1, 0.15) is 23.1 Å². The van der Waals surface area contributed by atoms with Crippen molar-refractivity contribution in [3.05, 3.63) is 53.2 Å². The molecule has 0 radical (unpaired) electrons. The largest absolute Gasteiger partial charge is 0.486 e. The lowest BCUT2D eigenvalue weighted by Gasteiger charge is -2.34. The van der Waals surface area contributed by atoms with E-state index in [-0.39, 0.29) is 23.9 Å². The molecule has 1 fully saturated rings. The van der Waals surface area contributed by atoms with Crippen LogP contribution in [0.3, 0.4) is 0 Å². The first-order chi connectivity index (χ1) is 15.9. The van der Waals surface area contributed by atoms with Crippen LogP contribution in [0.2, 0.25) is 0 Å². The molecule has 0 unspecified atom stereocenters. The predicted molar refractivity (Wildman–Crippen MR) is 122 cm³/mol. The molecule has 1 amide bonds. The molecule has 9 nitrogen and oxygen atoms in total. The van der Waals surface area contributed by atoms with Crippen molar-refractivity contribution in [2.75, 3.05) is 39.4 Å². The van der Waals surface area contributed by atoms with Gasteiger partial charge in [-0.1, -0.05) is 6.07 Å². The lowest BCUT2D eigenvalue weighted by Crippen LogP contribution is -2.50. The van der Waals surface area contributed by atoms with Gasteiger partial charge in [0, 0.05) is 38.4 Å². The second-order valence-electron chi connectivity index (χ2n) is 7.65. The first-order valence-corrected chi connectivity index (χ1v) is 12.8. The molecule has 0 spiro atoms. The minimum absolute atomic E-state index is 0.136. The average Bonchev–Trinajstić information content (AvgIpc) is 3.25. The first-order valence-electron chi connectivity index (χ1n) is 10.5. The van der Waals surface area contributed by atoms with Crippen molar-refractivity contribution in [2.45, 2.75) is 11.8 Å². The summed E-state index contributed by atoms with van der Waals surface area (Å²) < 4.78 is 38.7. The van der Waals surface area contributed by atoms with Crippen LogP contribution in [-0.4, -0.2) is 72.9 Å². The maximum Gasteiger partial charge on any atom is 0.265 e. The highest BCUT2D eigenvalue weighted by molar-refractivity contribution is 7.89. The number of aromatic nitrogens is 2. The summed E-state index contributed by atoms with van der Waals surface area (Å²) in [6, 6.07) is 10.2. The number of thiazole rings is 1. The third kappa shape index (κ3) is 4.19. The third-order valence-electron chi connectivity index (χ3n) is 5.55. The number of hydrogen-bond donors (Lipinski definition) is 0. The van der Waals surface area contributed by atoms with Crippen molar-refractivity contribution in [3.8, 4) is 22.2 Å². The Morgan fingerprint density at radius 1 is 1.03 bits per heavy atom. The van der Waals surface area contributed by atoms with Crippen LogP contribution in [0.5, 0.6) is 11.5 Å². The summed E-state index contributed by atoms with van der Waals surface area (Å²) in [6.07, 6.45) is 1.69. The molecule has 2 aliphatic rings. The molecule has 0 N–H and O–H groups in total. The SMILES string of the molecule is Cc1nc(-c2ccccn2)sc1C(=O)N1CCN(S(=O)(=O)c2ccc3c(c2)OCCO3)CC1. The Bertz CT molecular complexity index is 1290. The van der Waals surface area contributed by atoms with Crippen molar-refractivity contribution in [1.82, 2.24) is 19.2 Å². The molecule has 1 aromatic carbocycles. The highest BCUT2D eigenvalue weighted by atomic mass is 32.2. The Kier molecular flexibility index (Phi) is 5.77. The van der Waals surface area contributed by atoms with Crippen molar-refractivity contribution >= 4 is 27.3 Å². The Morgan fingerprint density at radius 3 is 2.52 bits per heavy atom. The number of nitrogens with zero attached hydrogens (tertiary/aromatic N) is 4. The number of carbonyl (C=O) groups is 1. The van der Waals surface area contributed by atoms with Crippen LogP contribution in [0.4, 0.5) is 0 Å². The summed E-state index contributed by atoms with van der Waals surface area (Å²) in [4.78, 5) is 24.3. The number of rotatable bonds is 4. The van der Waals surface area contributed by atoms with Gasteiger partial charge in [0.05, 0.1) is 16.3 Å². The van der Waals surface area contributed by atoms with Crippen molar-refractivity contribution in [2.24, 2.45) is 0 Å². The second kappa shape index (κ2) is 8.73. The van der Waals surface area contributed by atoms with Crippen LogP contribution in [-0.2, 0) is 10.0 Å². The minimum atomic E-state index is -3.71. The number of sulfonamides is 1. The first kappa shape index (κ1) is 21.8. The number of pyridine rings is 1. The van der Waals surface area contributed by atoms with Crippen molar-refractivity contribution in [3.63, 3.8) is 0 Å². The lowest BCUT2D eigenvalue weighted by atomic mass is 10.3. The average molecular weight is 487 g/mol. The van der Waals surface area contributed by atoms with E-state index in [0.29, 0.717) is 53.4 Å². The minimum Gasteiger partial charge on any atom is -0.486 e. The Balaban J connectivity index is 1.28. The topological polar surface area (TPSA) is 102 Å². The molecule has 33 heavy (non-hydrogen) atoms. The smallest absolute Gasteiger partial charge is 0.265 e. The van der Waals surface area contributed by atoms with Crippen LogP contribution < -0.4 is 9.47 Å². The fourth-order valence-electron chi connectivity index (χ4n) is 3.80. The molecule has 5 rings (SSSR count). The van der Waals surface area contributed by atoms with Gasteiger partial charge in [0.15, 0.2) is 11.5 Å². The molecule has 172 valence electrons. The van der Waals surface area contributed by atoms with Gasteiger partial charge in [0.2, 0.25) is 10.0 Å². The maximum absolute atomic E-state index is 13.1. The maximum atomic E-state index is 13.1. The molecule has 0 bridgehead atoms. The van der Waals surface area contributed by atoms with E-state index in [9.17, 15) is 13.2 Å². The van der Waals surface area contributed by atoms with E-state index in [1.54, 1.807) is 24.1 Å². The number of amides is 1. The Morgan fingerprint density at radius 2 is 1.79 bits per heavy atom. The molecule has 0 aliphatic carbocycles. The van der Waals surface area contributed by atoms with Crippen LogP contribution >= 0.6 is 11.3 Å².